The molecule has 0 spiro atoms. The molecule has 4 N–H and O–H groups in total. The molecule has 35 heavy (non-hydrogen) atoms. The third-order valence-electron chi connectivity index (χ3n) is 6.65. The second-order valence-electron chi connectivity index (χ2n) is 8.73. The predicted molar refractivity (Wildman–Crippen MR) is 129 cm³/mol. The smallest absolute Gasteiger partial charge is 0.413 e. The molecule has 182 valence electrons. The second-order valence-corrected chi connectivity index (χ2v) is 8.73. The van der Waals surface area contributed by atoms with Crippen LogP contribution in [0.2, 0.25) is 0 Å². The van der Waals surface area contributed by atoms with Crippen molar-refractivity contribution in [2.45, 2.75) is 26.3 Å². The van der Waals surface area contributed by atoms with Crippen LogP contribution in [0.25, 0.3) is 21.9 Å². The van der Waals surface area contributed by atoms with Crippen LogP contribution in [0.15, 0.2) is 24.5 Å². The largest absolute Gasteiger partial charge is 0.474 e. The normalized spacial score (nSPS) is 17.0. The van der Waals surface area contributed by atoms with Gasteiger partial charge in [-0.1, -0.05) is 0 Å². The molecule has 1 aromatic carbocycles. The molecule has 0 unspecified atom stereocenters. The van der Waals surface area contributed by atoms with Crippen LogP contribution in [0.5, 0.6) is 5.88 Å². The van der Waals surface area contributed by atoms with E-state index in [0.29, 0.717) is 54.0 Å². The van der Waals surface area contributed by atoms with E-state index < -0.39 is 18.0 Å². The zero-order valence-electron chi connectivity index (χ0n) is 19.3. The van der Waals surface area contributed by atoms with Crippen molar-refractivity contribution < 1.29 is 23.8 Å². The Hall–Kier alpha value is -4.15. The number of carbonyl (C=O) groups excluding carboxylic acids is 1. The lowest BCUT2D eigenvalue weighted by Gasteiger charge is -2.25. The summed E-state index contributed by atoms with van der Waals surface area (Å²) in [4.78, 5) is 35.3. The first-order valence-electron chi connectivity index (χ1n) is 11.3. The molecule has 0 bridgehead atoms. The Morgan fingerprint density at radius 1 is 1.29 bits per heavy atom. The van der Waals surface area contributed by atoms with Crippen molar-refractivity contribution in [1.29, 1.82) is 0 Å². The van der Waals surface area contributed by atoms with Crippen molar-refractivity contribution in [3.8, 4) is 17.0 Å². The number of ether oxygens (including phenoxy) is 1. The van der Waals surface area contributed by atoms with Gasteiger partial charge < -0.3 is 25.8 Å². The minimum absolute atomic E-state index is 0.0802. The average molecular weight is 481 g/mol. The number of fused-ring (bicyclic) bond motifs is 2. The van der Waals surface area contributed by atoms with Gasteiger partial charge in [0.1, 0.15) is 18.1 Å². The van der Waals surface area contributed by atoms with Crippen molar-refractivity contribution in [1.82, 2.24) is 14.9 Å². The van der Waals surface area contributed by atoms with Gasteiger partial charge in [-0.3, -0.25) is 9.69 Å². The van der Waals surface area contributed by atoms with E-state index in [-0.39, 0.29) is 29.5 Å². The number of rotatable bonds is 3. The molecule has 2 aromatic heterocycles. The molecule has 3 aromatic rings. The summed E-state index contributed by atoms with van der Waals surface area (Å²) in [5.41, 5.74) is 8.34. The van der Waals surface area contributed by atoms with E-state index in [4.69, 9.17) is 10.5 Å². The van der Waals surface area contributed by atoms with E-state index in [1.165, 1.54) is 13.1 Å². The maximum atomic E-state index is 15.4. The number of amides is 2. The Morgan fingerprint density at radius 3 is 2.80 bits per heavy atom. The van der Waals surface area contributed by atoms with Crippen LogP contribution in [-0.4, -0.2) is 64.3 Å². The van der Waals surface area contributed by atoms with Gasteiger partial charge in [0.15, 0.2) is 5.82 Å². The van der Waals surface area contributed by atoms with Gasteiger partial charge in [-0.2, -0.15) is 0 Å². The van der Waals surface area contributed by atoms with Crippen LogP contribution in [0.3, 0.4) is 0 Å². The Labute approximate surface area is 200 Å². The Bertz CT molecular complexity index is 1360. The van der Waals surface area contributed by atoms with E-state index in [0.717, 1.165) is 10.5 Å². The number of benzene rings is 1. The predicted octanol–water partition coefficient (Wildman–Crippen LogP) is 3.24. The Balaban J connectivity index is 1.60. The first-order valence-corrected chi connectivity index (χ1v) is 11.3. The maximum Gasteiger partial charge on any atom is 0.413 e. The van der Waals surface area contributed by atoms with Gasteiger partial charge in [-0.25, -0.2) is 19.2 Å². The number of nitrogen functional groups attached to an aromatic ring is 1. The van der Waals surface area contributed by atoms with E-state index in [1.54, 1.807) is 23.2 Å². The zero-order valence-corrected chi connectivity index (χ0v) is 19.3. The minimum atomic E-state index is -1.18. The number of hydrogen-bond donors (Lipinski definition) is 3. The van der Waals surface area contributed by atoms with Crippen molar-refractivity contribution in [2.24, 2.45) is 0 Å². The summed E-state index contributed by atoms with van der Waals surface area (Å²) >= 11 is 0. The lowest BCUT2D eigenvalue weighted by molar-refractivity contribution is -0.127. The molecule has 10 nitrogen and oxygen atoms in total. The average Bonchev–Trinajstić information content (AvgIpc) is 3.32. The Kier molecular flexibility index (Phi) is 5.54. The highest BCUT2D eigenvalue weighted by atomic mass is 19.1. The molecule has 4 heterocycles. The number of pyridine rings is 2. The molecule has 1 saturated heterocycles. The van der Waals surface area contributed by atoms with Crippen LogP contribution in [-0.2, 0) is 4.79 Å². The number of halogens is 1. The van der Waals surface area contributed by atoms with Crippen LogP contribution in [0.4, 0.5) is 26.4 Å². The molecule has 0 saturated carbocycles. The molecule has 2 aliphatic rings. The number of carboxylic acid groups (broad SMARTS) is 1. The number of aromatic nitrogens is 2. The van der Waals surface area contributed by atoms with E-state index in [9.17, 15) is 14.7 Å². The van der Waals surface area contributed by atoms with Crippen LogP contribution >= 0.6 is 0 Å². The van der Waals surface area contributed by atoms with Crippen molar-refractivity contribution in [3.05, 3.63) is 35.9 Å². The van der Waals surface area contributed by atoms with Gasteiger partial charge in [-0.15, -0.1) is 0 Å². The number of nitrogens with zero attached hydrogens (tertiary/aromatic N) is 4. The summed E-state index contributed by atoms with van der Waals surface area (Å²) in [6.07, 6.45) is 2.25. The summed E-state index contributed by atoms with van der Waals surface area (Å²) in [5.74, 6) is -0.0538. The zero-order chi connectivity index (χ0) is 24.9. The monoisotopic (exact) mass is 480 g/mol. The van der Waals surface area contributed by atoms with Crippen molar-refractivity contribution in [2.75, 3.05) is 42.2 Å². The molecule has 0 radical (unpaired) electrons. The molecule has 0 aliphatic carbocycles. The fourth-order valence-corrected chi connectivity index (χ4v) is 4.79. The Morgan fingerprint density at radius 2 is 2.09 bits per heavy atom. The van der Waals surface area contributed by atoms with Crippen LogP contribution in [0, 0.1) is 12.7 Å². The number of anilines is 3. The lowest BCUT2D eigenvalue weighted by atomic mass is 9.97. The standard InChI is InChI=1S/C24H25FN6O4/c1-12-17(9-29-23-22(12)27-4-6-35-23)16-7-14-8-19(28-10-18(14)21(26)20(16)25)31(24(33)34)15-3-5-30(11-15)13(2)32/h7-10,15,27H,3-6,11,26H2,1-2H3,(H,33,34)/t15-/m0/s1. The highest BCUT2D eigenvalue weighted by molar-refractivity contribution is 6.00. The van der Waals surface area contributed by atoms with Gasteiger partial charge in [0.05, 0.1) is 11.7 Å². The third-order valence-corrected chi connectivity index (χ3v) is 6.65. The highest BCUT2D eigenvalue weighted by Gasteiger charge is 2.34. The van der Waals surface area contributed by atoms with E-state index >= 15 is 4.39 Å². The molecule has 2 amide bonds. The first-order chi connectivity index (χ1) is 16.8. The third kappa shape index (κ3) is 3.82. The van der Waals surface area contributed by atoms with Crippen LogP contribution in [0.1, 0.15) is 18.9 Å². The number of carbonyl (C=O) groups is 2. The van der Waals surface area contributed by atoms with E-state index in [1.807, 2.05) is 6.92 Å². The summed E-state index contributed by atoms with van der Waals surface area (Å²) < 4.78 is 21.0. The van der Waals surface area contributed by atoms with Gasteiger partial charge >= 0.3 is 6.09 Å². The second kappa shape index (κ2) is 8.57. The fraction of sp³-hybridized carbons (Fsp3) is 0.333. The number of nitrogens with two attached hydrogens (primary N) is 1. The SMILES string of the molecule is CC(=O)N1CC[C@H](N(C(=O)O)c2cc3cc(-c4cnc5c(c4C)NCCO5)c(F)c(N)c3cn2)C1. The summed E-state index contributed by atoms with van der Waals surface area (Å²) in [7, 11) is 0. The molecular weight excluding hydrogens is 455 g/mol. The molecule has 2 aliphatic heterocycles. The molecule has 11 heteroatoms. The summed E-state index contributed by atoms with van der Waals surface area (Å²) in [6.45, 7) is 5.18. The fourth-order valence-electron chi connectivity index (χ4n) is 4.79. The lowest BCUT2D eigenvalue weighted by Crippen LogP contribution is -2.42. The van der Waals surface area contributed by atoms with Gasteiger partial charge in [0.2, 0.25) is 11.8 Å². The highest BCUT2D eigenvalue weighted by Crippen LogP contribution is 2.40. The number of hydrogen-bond acceptors (Lipinski definition) is 7. The minimum Gasteiger partial charge on any atom is -0.474 e. The van der Waals surface area contributed by atoms with Crippen molar-refractivity contribution >= 4 is 40.0 Å². The molecule has 1 atom stereocenters. The maximum absolute atomic E-state index is 15.4. The number of nitrogens with one attached hydrogen (secondary N) is 1. The van der Waals surface area contributed by atoms with Gasteiger partial charge in [0.25, 0.3) is 0 Å². The number of likely N-dealkylation sites (tertiary alicyclic amines) is 1. The summed E-state index contributed by atoms with van der Waals surface area (Å²) in [6, 6.07) is 2.78. The van der Waals surface area contributed by atoms with Gasteiger partial charge in [-0.05, 0) is 36.4 Å². The molecular formula is C24H25FN6O4. The molecule has 1 fully saturated rings. The topological polar surface area (TPSA) is 134 Å². The van der Waals surface area contributed by atoms with E-state index in [2.05, 4.69) is 15.3 Å². The van der Waals surface area contributed by atoms with Gasteiger partial charge in [0, 0.05) is 55.5 Å². The van der Waals surface area contributed by atoms with Crippen molar-refractivity contribution in [3.63, 3.8) is 0 Å². The summed E-state index contributed by atoms with van der Waals surface area (Å²) in [5, 5.41) is 14.1. The van der Waals surface area contributed by atoms with Crippen LogP contribution < -0.4 is 20.7 Å². The molecule has 5 rings (SSSR count). The quantitative estimate of drug-likeness (QED) is 0.487. The first kappa shape index (κ1) is 22.6.